The number of hydrogen-bond donors (Lipinski definition) is 2. The van der Waals surface area contributed by atoms with Crippen LogP contribution in [-0.4, -0.2) is 23.2 Å². The predicted octanol–water partition coefficient (Wildman–Crippen LogP) is 3.26. The van der Waals surface area contributed by atoms with E-state index < -0.39 is 17.3 Å². The van der Waals surface area contributed by atoms with E-state index in [0.29, 0.717) is 23.2 Å². The van der Waals surface area contributed by atoms with Gasteiger partial charge in [0.15, 0.2) is 0 Å². The molecule has 1 amide bonds. The molecule has 1 aliphatic rings. The van der Waals surface area contributed by atoms with Crippen LogP contribution in [-0.2, 0) is 0 Å². The van der Waals surface area contributed by atoms with E-state index in [-0.39, 0.29) is 12.1 Å². The second-order valence-corrected chi connectivity index (χ2v) is 6.63. The summed E-state index contributed by atoms with van der Waals surface area (Å²) in [5.74, 6) is -0.432. The molecule has 110 valence electrons. The molecule has 1 saturated carbocycles. The number of carbonyl (C=O) groups is 1. The first kappa shape index (κ1) is 15.4. The third kappa shape index (κ3) is 3.79. The summed E-state index contributed by atoms with van der Waals surface area (Å²) < 4.78 is 14.2. The van der Waals surface area contributed by atoms with Gasteiger partial charge in [-0.2, -0.15) is 0 Å². The fourth-order valence-electron chi connectivity index (χ4n) is 2.49. The van der Waals surface area contributed by atoms with E-state index in [0.717, 1.165) is 12.8 Å². The molecule has 1 aliphatic carbocycles. The van der Waals surface area contributed by atoms with Gasteiger partial charge in [-0.15, -0.1) is 0 Å². The van der Waals surface area contributed by atoms with Crippen molar-refractivity contribution < 1.29 is 14.3 Å². The molecule has 0 radical (unpaired) electrons. The predicted molar refractivity (Wildman–Crippen MR) is 79.0 cm³/mol. The third-order valence-corrected chi connectivity index (χ3v) is 4.45. The largest absolute Gasteiger partial charge is 0.388 e. The van der Waals surface area contributed by atoms with Crippen molar-refractivity contribution >= 4 is 21.8 Å². The molecule has 0 aromatic heterocycles. The SMILES string of the molecule is CC1CCC(O)(CNC(=O)c2ccc(Br)cc2F)CC1. The highest BCUT2D eigenvalue weighted by molar-refractivity contribution is 9.10. The minimum atomic E-state index is -0.853. The van der Waals surface area contributed by atoms with Crippen LogP contribution in [0.25, 0.3) is 0 Å². The number of halogens is 2. The fraction of sp³-hybridized carbons (Fsp3) is 0.533. The van der Waals surface area contributed by atoms with Crippen molar-refractivity contribution in [2.24, 2.45) is 5.92 Å². The maximum Gasteiger partial charge on any atom is 0.254 e. The van der Waals surface area contributed by atoms with Crippen LogP contribution in [0, 0.1) is 11.7 Å². The Morgan fingerprint density at radius 3 is 2.75 bits per heavy atom. The second-order valence-electron chi connectivity index (χ2n) is 5.71. The Labute approximate surface area is 126 Å². The molecule has 2 rings (SSSR count). The molecule has 20 heavy (non-hydrogen) atoms. The average molecular weight is 344 g/mol. The van der Waals surface area contributed by atoms with Crippen molar-refractivity contribution in [1.29, 1.82) is 0 Å². The Hall–Kier alpha value is -0.940. The molecule has 0 aliphatic heterocycles. The standard InChI is InChI=1S/C15H19BrFNO2/c1-10-4-6-15(20,7-5-10)9-18-14(19)12-3-2-11(16)8-13(12)17/h2-3,8,10,20H,4-7,9H2,1H3,(H,18,19). The molecule has 1 aromatic rings. The summed E-state index contributed by atoms with van der Waals surface area (Å²) in [6.07, 6.45) is 3.27. The maximum absolute atomic E-state index is 13.7. The Bertz CT molecular complexity index is 499. The van der Waals surface area contributed by atoms with Gasteiger partial charge in [-0.1, -0.05) is 22.9 Å². The molecule has 2 N–H and O–H groups in total. The highest BCUT2D eigenvalue weighted by atomic mass is 79.9. The van der Waals surface area contributed by atoms with Gasteiger partial charge < -0.3 is 10.4 Å². The van der Waals surface area contributed by atoms with Crippen molar-refractivity contribution in [3.63, 3.8) is 0 Å². The molecule has 0 bridgehead atoms. The lowest BCUT2D eigenvalue weighted by Crippen LogP contribution is -2.45. The summed E-state index contributed by atoms with van der Waals surface area (Å²) in [4.78, 5) is 11.9. The lowest BCUT2D eigenvalue weighted by atomic mass is 9.79. The van der Waals surface area contributed by atoms with Gasteiger partial charge in [-0.25, -0.2) is 4.39 Å². The fourth-order valence-corrected chi connectivity index (χ4v) is 2.82. The highest BCUT2D eigenvalue weighted by Gasteiger charge is 2.32. The molecule has 0 unspecified atom stereocenters. The lowest BCUT2D eigenvalue weighted by molar-refractivity contribution is -0.00543. The summed E-state index contributed by atoms with van der Waals surface area (Å²) in [6, 6.07) is 4.31. The van der Waals surface area contributed by atoms with E-state index in [1.165, 1.54) is 12.1 Å². The first-order valence-corrected chi connectivity index (χ1v) is 7.64. The maximum atomic E-state index is 13.7. The van der Waals surface area contributed by atoms with E-state index in [9.17, 15) is 14.3 Å². The van der Waals surface area contributed by atoms with Crippen molar-refractivity contribution in [2.75, 3.05) is 6.54 Å². The van der Waals surface area contributed by atoms with Crippen LogP contribution in [0.15, 0.2) is 22.7 Å². The number of amides is 1. The molecule has 1 aromatic carbocycles. The van der Waals surface area contributed by atoms with E-state index in [1.54, 1.807) is 6.07 Å². The first-order chi connectivity index (χ1) is 9.39. The summed E-state index contributed by atoms with van der Waals surface area (Å²) >= 11 is 3.15. The number of carbonyl (C=O) groups excluding carboxylic acids is 1. The molecule has 3 nitrogen and oxygen atoms in total. The van der Waals surface area contributed by atoms with Gasteiger partial charge in [0.25, 0.3) is 5.91 Å². The van der Waals surface area contributed by atoms with Gasteiger partial charge in [-0.05, 0) is 49.8 Å². The van der Waals surface area contributed by atoms with Gasteiger partial charge in [0.2, 0.25) is 0 Å². The summed E-state index contributed by atoms with van der Waals surface area (Å²) in [5, 5.41) is 13.0. The minimum absolute atomic E-state index is 0.000905. The Kier molecular flexibility index (Phi) is 4.81. The molecule has 0 spiro atoms. The van der Waals surface area contributed by atoms with E-state index in [2.05, 4.69) is 28.2 Å². The highest BCUT2D eigenvalue weighted by Crippen LogP contribution is 2.31. The van der Waals surface area contributed by atoms with Gasteiger partial charge >= 0.3 is 0 Å². The van der Waals surface area contributed by atoms with Crippen LogP contribution in [0.4, 0.5) is 4.39 Å². The summed E-state index contributed by atoms with van der Waals surface area (Å²) in [6.45, 7) is 2.34. The lowest BCUT2D eigenvalue weighted by Gasteiger charge is -2.34. The zero-order valence-corrected chi connectivity index (χ0v) is 13.0. The van der Waals surface area contributed by atoms with Gasteiger partial charge in [0, 0.05) is 11.0 Å². The third-order valence-electron chi connectivity index (χ3n) is 3.96. The smallest absolute Gasteiger partial charge is 0.254 e. The van der Waals surface area contributed by atoms with Crippen LogP contribution < -0.4 is 5.32 Å². The number of hydrogen-bond acceptors (Lipinski definition) is 2. The zero-order chi connectivity index (χ0) is 14.8. The molecular formula is C15H19BrFNO2. The van der Waals surface area contributed by atoms with Crippen molar-refractivity contribution in [3.8, 4) is 0 Å². The summed E-state index contributed by atoms with van der Waals surface area (Å²) in [7, 11) is 0. The number of rotatable bonds is 3. The Morgan fingerprint density at radius 1 is 1.50 bits per heavy atom. The second kappa shape index (κ2) is 6.22. The molecular weight excluding hydrogens is 325 g/mol. The Balaban J connectivity index is 1.95. The van der Waals surface area contributed by atoms with Gasteiger partial charge in [0.1, 0.15) is 5.82 Å². The number of nitrogens with one attached hydrogen (secondary N) is 1. The minimum Gasteiger partial charge on any atom is -0.388 e. The van der Waals surface area contributed by atoms with Gasteiger partial charge in [-0.3, -0.25) is 4.79 Å². The molecule has 0 heterocycles. The van der Waals surface area contributed by atoms with Crippen LogP contribution in [0.1, 0.15) is 43.0 Å². The van der Waals surface area contributed by atoms with Crippen LogP contribution in [0.2, 0.25) is 0 Å². The molecule has 5 heteroatoms. The normalized spacial score (nSPS) is 26.3. The van der Waals surface area contributed by atoms with E-state index in [1.807, 2.05) is 0 Å². The molecule has 0 atom stereocenters. The van der Waals surface area contributed by atoms with Crippen LogP contribution >= 0.6 is 15.9 Å². The van der Waals surface area contributed by atoms with Crippen LogP contribution in [0.5, 0.6) is 0 Å². The van der Waals surface area contributed by atoms with E-state index >= 15 is 0 Å². The summed E-state index contributed by atoms with van der Waals surface area (Å²) in [5.41, 5.74) is -0.852. The van der Waals surface area contributed by atoms with Crippen molar-refractivity contribution in [1.82, 2.24) is 5.32 Å². The van der Waals surface area contributed by atoms with E-state index in [4.69, 9.17) is 0 Å². The topological polar surface area (TPSA) is 49.3 Å². The quantitative estimate of drug-likeness (QED) is 0.884. The monoisotopic (exact) mass is 343 g/mol. The average Bonchev–Trinajstić information content (AvgIpc) is 2.40. The number of aliphatic hydroxyl groups is 1. The molecule has 0 saturated heterocycles. The first-order valence-electron chi connectivity index (χ1n) is 6.85. The molecule has 1 fully saturated rings. The van der Waals surface area contributed by atoms with Crippen molar-refractivity contribution in [3.05, 3.63) is 34.1 Å². The zero-order valence-electron chi connectivity index (χ0n) is 11.5. The van der Waals surface area contributed by atoms with Crippen molar-refractivity contribution in [2.45, 2.75) is 38.2 Å². The van der Waals surface area contributed by atoms with Gasteiger partial charge in [0.05, 0.1) is 11.2 Å². The Morgan fingerprint density at radius 2 is 2.15 bits per heavy atom. The van der Waals surface area contributed by atoms with Crippen LogP contribution in [0.3, 0.4) is 0 Å². The number of benzene rings is 1.